The molecule has 2 nitrogen and oxygen atoms in total. The lowest BCUT2D eigenvalue weighted by molar-refractivity contribution is 0.301. The number of rotatable bonds is 4. The van der Waals surface area contributed by atoms with Crippen molar-refractivity contribution in [3.63, 3.8) is 0 Å². The standard InChI is InChI=1S/C12H20N2S/c13-14-12(11-6-7-15-9-11)8-10-4-2-1-3-5-10/h6-7,9-10,12,14H,1-5,8,13H2. The Kier molecular flexibility index (Phi) is 4.18. The first-order valence-electron chi connectivity index (χ1n) is 5.88. The quantitative estimate of drug-likeness (QED) is 0.609. The van der Waals surface area contributed by atoms with Gasteiger partial charge < -0.3 is 0 Å². The molecule has 1 saturated carbocycles. The van der Waals surface area contributed by atoms with Gasteiger partial charge in [-0.25, -0.2) is 0 Å². The van der Waals surface area contributed by atoms with Crippen LogP contribution in [0.1, 0.15) is 50.1 Å². The molecule has 0 spiro atoms. The number of hydrogen-bond acceptors (Lipinski definition) is 3. The van der Waals surface area contributed by atoms with Gasteiger partial charge in [-0.15, -0.1) is 0 Å². The summed E-state index contributed by atoms with van der Waals surface area (Å²) in [6.07, 6.45) is 8.23. The molecule has 0 amide bonds. The summed E-state index contributed by atoms with van der Waals surface area (Å²) in [5, 5.41) is 4.33. The average molecular weight is 224 g/mol. The second kappa shape index (κ2) is 5.64. The fraction of sp³-hybridized carbons (Fsp3) is 0.667. The molecule has 3 heteroatoms. The molecule has 0 aromatic carbocycles. The summed E-state index contributed by atoms with van der Waals surface area (Å²) >= 11 is 1.75. The lowest BCUT2D eigenvalue weighted by Gasteiger charge is -2.25. The Balaban J connectivity index is 1.90. The van der Waals surface area contributed by atoms with Crippen molar-refractivity contribution >= 4 is 11.3 Å². The third kappa shape index (κ3) is 3.03. The minimum absolute atomic E-state index is 0.361. The van der Waals surface area contributed by atoms with Crippen molar-refractivity contribution in [2.75, 3.05) is 0 Å². The molecule has 0 saturated heterocycles. The van der Waals surface area contributed by atoms with Gasteiger partial charge in [-0.1, -0.05) is 32.1 Å². The van der Waals surface area contributed by atoms with E-state index in [1.807, 2.05) is 0 Å². The zero-order valence-electron chi connectivity index (χ0n) is 9.11. The molecule has 0 aliphatic heterocycles. The van der Waals surface area contributed by atoms with E-state index in [0.717, 1.165) is 5.92 Å². The fourth-order valence-corrected chi connectivity index (χ4v) is 3.24. The van der Waals surface area contributed by atoms with Crippen LogP contribution in [0.2, 0.25) is 0 Å². The predicted molar refractivity (Wildman–Crippen MR) is 65.6 cm³/mol. The third-order valence-electron chi connectivity index (χ3n) is 3.44. The van der Waals surface area contributed by atoms with Crippen molar-refractivity contribution in [1.82, 2.24) is 5.43 Å². The van der Waals surface area contributed by atoms with Crippen molar-refractivity contribution in [3.05, 3.63) is 22.4 Å². The minimum Gasteiger partial charge on any atom is -0.271 e. The van der Waals surface area contributed by atoms with Crippen molar-refractivity contribution in [3.8, 4) is 0 Å². The fourth-order valence-electron chi connectivity index (χ4n) is 2.53. The molecule has 0 radical (unpaired) electrons. The van der Waals surface area contributed by atoms with Gasteiger partial charge in [-0.05, 0) is 34.7 Å². The van der Waals surface area contributed by atoms with Crippen molar-refractivity contribution in [1.29, 1.82) is 0 Å². The van der Waals surface area contributed by atoms with Gasteiger partial charge in [0.05, 0.1) is 0 Å². The monoisotopic (exact) mass is 224 g/mol. The summed E-state index contributed by atoms with van der Waals surface area (Å²) in [7, 11) is 0. The smallest absolute Gasteiger partial charge is 0.0470 e. The van der Waals surface area contributed by atoms with E-state index in [2.05, 4.69) is 22.3 Å². The molecule has 15 heavy (non-hydrogen) atoms. The van der Waals surface area contributed by atoms with Crippen LogP contribution in [0, 0.1) is 5.92 Å². The molecule has 1 unspecified atom stereocenters. The number of hydrazine groups is 1. The van der Waals surface area contributed by atoms with E-state index in [1.54, 1.807) is 11.3 Å². The molecule has 3 N–H and O–H groups in total. The SMILES string of the molecule is NNC(CC1CCCCC1)c1ccsc1. The van der Waals surface area contributed by atoms with Gasteiger partial charge in [0.25, 0.3) is 0 Å². The Morgan fingerprint density at radius 2 is 2.20 bits per heavy atom. The van der Waals surface area contributed by atoms with Crippen LogP contribution in [0.4, 0.5) is 0 Å². The largest absolute Gasteiger partial charge is 0.271 e. The lowest BCUT2D eigenvalue weighted by atomic mass is 9.84. The molecule has 1 heterocycles. The van der Waals surface area contributed by atoms with E-state index in [4.69, 9.17) is 5.84 Å². The van der Waals surface area contributed by atoms with Crippen LogP contribution in [-0.4, -0.2) is 0 Å². The average Bonchev–Trinajstić information content (AvgIpc) is 2.81. The van der Waals surface area contributed by atoms with Crippen LogP contribution < -0.4 is 11.3 Å². The van der Waals surface area contributed by atoms with E-state index < -0.39 is 0 Å². The molecule has 1 aliphatic rings. The highest BCUT2D eigenvalue weighted by molar-refractivity contribution is 7.07. The summed E-state index contributed by atoms with van der Waals surface area (Å²) < 4.78 is 0. The van der Waals surface area contributed by atoms with Gasteiger partial charge in [-0.3, -0.25) is 11.3 Å². The molecule has 84 valence electrons. The Morgan fingerprint density at radius 1 is 1.40 bits per heavy atom. The van der Waals surface area contributed by atoms with Gasteiger partial charge in [0.1, 0.15) is 0 Å². The van der Waals surface area contributed by atoms with Crippen molar-refractivity contribution in [2.24, 2.45) is 11.8 Å². The Hall–Kier alpha value is -0.380. The topological polar surface area (TPSA) is 38.0 Å². The van der Waals surface area contributed by atoms with Gasteiger partial charge in [-0.2, -0.15) is 11.3 Å². The first kappa shape index (κ1) is 11.1. The maximum Gasteiger partial charge on any atom is 0.0470 e. The Bertz CT molecular complexity index is 265. The van der Waals surface area contributed by atoms with Gasteiger partial charge >= 0.3 is 0 Å². The van der Waals surface area contributed by atoms with E-state index in [1.165, 1.54) is 44.1 Å². The van der Waals surface area contributed by atoms with E-state index in [-0.39, 0.29) is 0 Å². The molecular formula is C12H20N2S. The minimum atomic E-state index is 0.361. The van der Waals surface area contributed by atoms with Gasteiger partial charge in [0.15, 0.2) is 0 Å². The number of thiophene rings is 1. The lowest BCUT2D eigenvalue weighted by Crippen LogP contribution is -2.29. The highest BCUT2D eigenvalue weighted by atomic mass is 32.1. The molecule has 1 fully saturated rings. The molecule has 2 rings (SSSR count). The zero-order chi connectivity index (χ0) is 10.5. The maximum absolute atomic E-state index is 5.64. The second-order valence-corrected chi connectivity index (χ2v) is 5.30. The number of nitrogens with two attached hydrogens (primary N) is 1. The summed E-state index contributed by atoms with van der Waals surface area (Å²) in [5.41, 5.74) is 4.31. The molecule has 1 aromatic heterocycles. The van der Waals surface area contributed by atoms with Crippen LogP contribution in [0.25, 0.3) is 0 Å². The predicted octanol–water partition coefficient (Wildman–Crippen LogP) is 3.22. The first-order chi connectivity index (χ1) is 7.40. The van der Waals surface area contributed by atoms with E-state index >= 15 is 0 Å². The Labute approximate surface area is 95.8 Å². The van der Waals surface area contributed by atoms with Crippen molar-refractivity contribution < 1.29 is 0 Å². The first-order valence-corrected chi connectivity index (χ1v) is 6.82. The molecule has 0 bridgehead atoms. The van der Waals surface area contributed by atoms with Crippen LogP contribution >= 0.6 is 11.3 Å². The Morgan fingerprint density at radius 3 is 2.80 bits per heavy atom. The molecular weight excluding hydrogens is 204 g/mol. The summed E-state index contributed by atoms with van der Waals surface area (Å²) in [6, 6.07) is 2.54. The van der Waals surface area contributed by atoms with Crippen LogP contribution in [-0.2, 0) is 0 Å². The third-order valence-corrected chi connectivity index (χ3v) is 4.14. The molecule has 1 aliphatic carbocycles. The maximum atomic E-state index is 5.64. The van der Waals surface area contributed by atoms with E-state index in [9.17, 15) is 0 Å². The van der Waals surface area contributed by atoms with Crippen LogP contribution in [0.3, 0.4) is 0 Å². The summed E-state index contributed by atoms with van der Waals surface area (Å²) in [5.74, 6) is 6.51. The van der Waals surface area contributed by atoms with E-state index in [0.29, 0.717) is 6.04 Å². The second-order valence-electron chi connectivity index (χ2n) is 4.52. The number of nitrogens with one attached hydrogen (secondary N) is 1. The van der Waals surface area contributed by atoms with Crippen LogP contribution in [0.15, 0.2) is 16.8 Å². The van der Waals surface area contributed by atoms with Crippen molar-refractivity contribution in [2.45, 2.75) is 44.6 Å². The molecule has 1 atom stereocenters. The molecule has 1 aromatic rings. The highest BCUT2D eigenvalue weighted by Crippen LogP contribution is 2.31. The zero-order valence-corrected chi connectivity index (χ0v) is 9.93. The summed E-state index contributed by atoms with van der Waals surface area (Å²) in [6.45, 7) is 0. The van der Waals surface area contributed by atoms with Gasteiger partial charge in [0.2, 0.25) is 0 Å². The summed E-state index contributed by atoms with van der Waals surface area (Å²) in [4.78, 5) is 0. The highest BCUT2D eigenvalue weighted by Gasteiger charge is 2.19. The normalized spacial score (nSPS) is 20.3. The number of hydrogen-bond donors (Lipinski definition) is 2. The van der Waals surface area contributed by atoms with Gasteiger partial charge in [0, 0.05) is 6.04 Å². The van der Waals surface area contributed by atoms with Crippen LogP contribution in [0.5, 0.6) is 0 Å².